The molecule has 1 amide bonds. The van der Waals surface area contributed by atoms with E-state index in [1.54, 1.807) is 18.0 Å². The SMILES string of the molecule is O=C(Nc1ccc(SCc2cccnc2)cc1)c1cn[nH]c1-c1ccc2c(c1)OCCO2. The molecular weight excluding hydrogens is 424 g/mol. The molecule has 7 nitrogen and oxygen atoms in total. The predicted octanol–water partition coefficient (Wildman–Crippen LogP) is 4.79. The van der Waals surface area contributed by atoms with Crippen LogP contribution < -0.4 is 14.8 Å². The maximum absolute atomic E-state index is 12.9. The first kappa shape index (κ1) is 20.1. The maximum atomic E-state index is 12.9. The number of aromatic nitrogens is 3. The summed E-state index contributed by atoms with van der Waals surface area (Å²) >= 11 is 1.72. The molecule has 3 heterocycles. The molecule has 0 radical (unpaired) electrons. The molecule has 0 bridgehead atoms. The number of pyridine rings is 1. The number of hydrogen-bond donors (Lipinski definition) is 2. The third kappa shape index (κ3) is 4.45. The van der Waals surface area contributed by atoms with E-state index < -0.39 is 0 Å². The smallest absolute Gasteiger partial charge is 0.259 e. The largest absolute Gasteiger partial charge is 0.486 e. The van der Waals surface area contributed by atoms with Crippen molar-refractivity contribution in [1.82, 2.24) is 15.2 Å². The molecule has 2 aromatic heterocycles. The molecule has 2 aromatic carbocycles. The van der Waals surface area contributed by atoms with Gasteiger partial charge >= 0.3 is 0 Å². The number of ether oxygens (including phenoxy) is 2. The molecular formula is C24H20N4O3S. The number of anilines is 1. The van der Waals surface area contributed by atoms with Crippen LogP contribution >= 0.6 is 11.8 Å². The first-order valence-electron chi connectivity index (χ1n) is 10.1. The van der Waals surface area contributed by atoms with Crippen LogP contribution in [0.25, 0.3) is 11.3 Å². The second-order valence-electron chi connectivity index (χ2n) is 7.15. The summed E-state index contributed by atoms with van der Waals surface area (Å²) in [7, 11) is 0. The highest BCUT2D eigenvalue weighted by Gasteiger charge is 2.18. The Kier molecular flexibility index (Phi) is 5.76. The number of benzene rings is 2. The Morgan fingerprint density at radius 3 is 2.69 bits per heavy atom. The van der Waals surface area contributed by atoms with Crippen molar-refractivity contribution in [2.75, 3.05) is 18.5 Å². The fourth-order valence-corrected chi connectivity index (χ4v) is 4.19. The summed E-state index contributed by atoms with van der Waals surface area (Å²) in [6.07, 6.45) is 5.16. The molecule has 0 fully saturated rings. The standard InChI is InChI=1S/C24H20N4O3S/c29-24(27-18-4-6-19(7-5-18)32-15-16-2-1-9-25-13-16)20-14-26-28-23(20)17-3-8-21-22(12-17)31-11-10-30-21/h1-9,12-14H,10-11,15H2,(H,26,28)(H,27,29). The van der Waals surface area contributed by atoms with Gasteiger partial charge in [0.25, 0.3) is 5.91 Å². The molecule has 1 aliphatic heterocycles. The van der Waals surface area contributed by atoms with Gasteiger partial charge in [-0.05, 0) is 54.1 Å². The molecule has 32 heavy (non-hydrogen) atoms. The Labute approximate surface area is 189 Å². The minimum atomic E-state index is -0.237. The summed E-state index contributed by atoms with van der Waals surface area (Å²) in [5.41, 5.74) is 3.77. The van der Waals surface area contributed by atoms with E-state index in [1.165, 1.54) is 11.8 Å². The minimum Gasteiger partial charge on any atom is -0.486 e. The van der Waals surface area contributed by atoms with Gasteiger partial charge in [-0.25, -0.2) is 0 Å². The highest BCUT2D eigenvalue weighted by molar-refractivity contribution is 7.98. The van der Waals surface area contributed by atoms with E-state index >= 15 is 0 Å². The number of nitrogens with one attached hydrogen (secondary N) is 2. The monoisotopic (exact) mass is 444 g/mol. The Morgan fingerprint density at radius 1 is 1.03 bits per heavy atom. The molecule has 0 unspecified atom stereocenters. The third-order valence-corrected chi connectivity index (χ3v) is 6.04. The molecule has 8 heteroatoms. The molecule has 5 rings (SSSR count). The number of amides is 1. The summed E-state index contributed by atoms with van der Waals surface area (Å²) in [5.74, 6) is 1.97. The molecule has 4 aromatic rings. The zero-order valence-electron chi connectivity index (χ0n) is 17.1. The molecule has 160 valence electrons. The number of carbonyl (C=O) groups excluding carboxylic acids is 1. The van der Waals surface area contributed by atoms with Gasteiger partial charge in [0.1, 0.15) is 13.2 Å². The van der Waals surface area contributed by atoms with Crippen LogP contribution in [-0.2, 0) is 5.75 Å². The van der Waals surface area contributed by atoms with Crippen LogP contribution in [0, 0.1) is 0 Å². The van der Waals surface area contributed by atoms with Crippen molar-refractivity contribution < 1.29 is 14.3 Å². The molecule has 0 saturated carbocycles. The highest BCUT2D eigenvalue weighted by Crippen LogP contribution is 2.35. The number of rotatable bonds is 6. The molecule has 0 aliphatic carbocycles. The zero-order chi connectivity index (χ0) is 21.8. The highest BCUT2D eigenvalue weighted by atomic mass is 32.2. The van der Waals surface area contributed by atoms with E-state index in [1.807, 2.05) is 54.7 Å². The molecule has 0 atom stereocenters. The number of hydrogen-bond acceptors (Lipinski definition) is 6. The average Bonchev–Trinajstić information content (AvgIpc) is 3.34. The lowest BCUT2D eigenvalue weighted by molar-refractivity contribution is 0.102. The lowest BCUT2D eigenvalue weighted by Crippen LogP contribution is -2.15. The second-order valence-corrected chi connectivity index (χ2v) is 8.19. The number of H-pyrrole nitrogens is 1. The lowest BCUT2D eigenvalue weighted by Gasteiger charge is -2.18. The van der Waals surface area contributed by atoms with E-state index in [4.69, 9.17) is 9.47 Å². The summed E-state index contributed by atoms with van der Waals surface area (Å²) in [6.45, 7) is 1.04. The van der Waals surface area contributed by atoms with Crippen molar-refractivity contribution in [1.29, 1.82) is 0 Å². The first-order chi connectivity index (χ1) is 15.8. The number of carbonyl (C=O) groups is 1. The molecule has 0 saturated heterocycles. The topological polar surface area (TPSA) is 89.1 Å². The number of aromatic amines is 1. The summed E-state index contributed by atoms with van der Waals surface area (Å²) in [4.78, 5) is 18.2. The zero-order valence-corrected chi connectivity index (χ0v) is 17.9. The van der Waals surface area contributed by atoms with E-state index in [0.717, 1.165) is 21.9 Å². The average molecular weight is 445 g/mol. The maximum Gasteiger partial charge on any atom is 0.259 e. The summed E-state index contributed by atoms with van der Waals surface area (Å²) in [5, 5.41) is 9.94. The Hall–Kier alpha value is -3.78. The van der Waals surface area contributed by atoms with Crippen LogP contribution in [0.5, 0.6) is 11.5 Å². The van der Waals surface area contributed by atoms with E-state index in [0.29, 0.717) is 36.0 Å². The first-order valence-corrected chi connectivity index (χ1v) is 11.1. The summed E-state index contributed by atoms with van der Waals surface area (Å²) in [6, 6.07) is 17.3. The van der Waals surface area contributed by atoms with Crippen molar-refractivity contribution in [3.05, 3.63) is 84.3 Å². The van der Waals surface area contributed by atoms with Crippen LogP contribution in [-0.4, -0.2) is 34.3 Å². The lowest BCUT2D eigenvalue weighted by atomic mass is 10.1. The fourth-order valence-electron chi connectivity index (χ4n) is 3.36. The van der Waals surface area contributed by atoms with Gasteiger partial charge in [0, 0.05) is 34.3 Å². The van der Waals surface area contributed by atoms with Gasteiger partial charge in [-0.1, -0.05) is 6.07 Å². The van der Waals surface area contributed by atoms with Gasteiger partial charge < -0.3 is 14.8 Å². The van der Waals surface area contributed by atoms with Crippen LogP contribution in [0.2, 0.25) is 0 Å². The van der Waals surface area contributed by atoms with Crippen LogP contribution in [0.15, 0.2) is 78.1 Å². The van der Waals surface area contributed by atoms with Gasteiger partial charge in [0.05, 0.1) is 17.5 Å². The van der Waals surface area contributed by atoms with Gasteiger partial charge in [-0.3, -0.25) is 14.9 Å². The van der Waals surface area contributed by atoms with Crippen molar-refractivity contribution in [3.63, 3.8) is 0 Å². The normalized spacial score (nSPS) is 12.4. The van der Waals surface area contributed by atoms with Gasteiger partial charge in [0.15, 0.2) is 11.5 Å². The minimum absolute atomic E-state index is 0.237. The number of nitrogens with zero attached hydrogens (tertiary/aromatic N) is 2. The van der Waals surface area contributed by atoms with Crippen molar-refractivity contribution >= 4 is 23.4 Å². The summed E-state index contributed by atoms with van der Waals surface area (Å²) < 4.78 is 11.2. The van der Waals surface area contributed by atoms with Crippen molar-refractivity contribution in [2.24, 2.45) is 0 Å². The van der Waals surface area contributed by atoms with E-state index in [2.05, 4.69) is 26.6 Å². The Balaban J connectivity index is 1.26. The van der Waals surface area contributed by atoms with Gasteiger partial charge in [-0.2, -0.15) is 5.10 Å². The number of thioether (sulfide) groups is 1. The second kappa shape index (κ2) is 9.15. The Bertz CT molecular complexity index is 1230. The van der Waals surface area contributed by atoms with Crippen LogP contribution in [0.3, 0.4) is 0 Å². The predicted molar refractivity (Wildman–Crippen MR) is 123 cm³/mol. The third-order valence-electron chi connectivity index (χ3n) is 4.96. The molecule has 0 spiro atoms. The van der Waals surface area contributed by atoms with E-state index in [9.17, 15) is 4.79 Å². The van der Waals surface area contributed by atoms with Crippen LogP contribution in [0.4, 0.5) is 5.69 Å². The van der Waals surface area contributed by atoms with Gasteiger partial charge in [0.2, 0.25) is 0 Å². The fraction of sp³-hybridized carbons (Fsp3) is 0.125. The number of fused-ring (bicyclic) bond motifs is 1. The van der Waals surface area contributed by atoms with Crippen LogP contribution in [0.1, 0.15) is 15.9 Å². The Morgan fingerprint density at radius 2 is 1.88 bits per heavy atom. The van der Waals surface area contributed by atoms with Gasteiger partial charge in [-0.15, -0.1) is 11.8 Å². The molecule has 2 N–H and O–H groups in total. The molecule has 1 aliphatic rings. The van der Waals surface area contributed by atoms with Crippen molar-refractivity contribution in [3.8, 4) is 22.8 Å². The van der Waals surface area contributed by atoms with E-state index in [-0.39, 0.29) is 5.91 Å². The quantitative estimate of drug-likeness (QED) is 0.416. The van der Waals surface area contributed by atoms with Crippen molar-refractivity contribution in [2.45, 2.75) is 10.6 Å².